The van der Waals surface area contributed by atoms with Crippen LogP contribution in [0.4, 0.5) is 0 Å². The molecule has 6 heteroatoms. The second-order valence-corrected chi connectivity index (χ2v) is 6.00. The zero-order valence-corrected chi connectivity index (χ0v) is 11.1. The lowest BCUT2D eigenvalue weighted by Crippen LogP contribution is -2.70. The van der Waals surface area contributed by atoms with Gasteiger partial charge in [-0.15, -0.1) is 0 Å². The maximum atomic E-state index is 10.3. The summed E-state index contributed by atoms with van der Waals surface area (Å²) in [6.07, 6.45) is -1.78. The van der Waals surface area contributed by atoms with E-state index in [0.717, 1.165) is 0 Å². The molecule has 4 unspecified atom stereocenters. The molecule has 3 aliphatic heterocycles. The van der Waals surface area contributed by atoms with Gasteiger partial charge in [-0.05, 0) is 27.7 Å². The fourth-order valence-corrected chi connectivity index (χ4v) is 2.78. The van der Waals surface area contributed by atoms with Gasteiger partial charge in [0.15, 0.2) is 11.6 Å². The minimum atomic E-state index is -1.04. The predicted molar refractivity (Wildman–Crippen MR) is 59.6 cm³/mol. The van der Waals surface area contributed by atoms with E-state index in [2.05, 4.69) is 0 Å². The first-order chi connectivity index (χ1) is 8.23. The molecule has 6 nitrogen and oxygen atoms in total. The Morgan fingerprint density at radius 3 is 2.33 bits per heavy atom. The van der Waals surface area contributed by atoms with Crippen molar-refractivity contribution in [2.24, 2.45) is 0 Å². The first-order valence-corrected chi connectivity index (χ1v) is 6.25. The SMILES string of the molecule is CC1(C)OC2COC3(COC(C)(C)O3)C(O1)C2O. The Bertz CT molecular complexity index is 354. The minimum Gasteiger partial charge on any atom is -0.387 e. The Hall–Kier alpha value is -0.240. The van der Waals surface area contributed by atoms with Gasteiger partial charge in [0.2, 0.25) is 5.79 Å². The average Bonchev–Trinajstić information content (AvgIpc) is 2.54. The van der Waals surface area contributed by atoms with Crippen molar-refractivity contribution in [3.05, 3.63) is 0 Å². The van der Waals surface area contributed by atoms with E-state index in [1.807, 2.05) is 27.7 Å². The Morgan fingerprint density at radius 1 is 1.00 bits per heavy atom. The third kappa shape index (κ3) is 1.88. The van der Waals surface area contributed by atoms with E-state index in [4.69, 9.17) is 23.7 Å². The smallest absolute Gasteiger partial charge is 0.224 e. The van der Waals surface area contributed by atoms with E-state index in [-0.39, 0.29) is 13.2 Å². The fourth-order valence-electron chi connectivity index (χ4n) is 2.78. The molecule has 3 rings (SSSR count). The summed E-state index contributed by atoms with van der Waals surface area (Å²) in [5, 5.41) is 10.3. The standard InChI is InChI=1S/C12H20O6/c1-10(2)15-6-12(18-10)9-8(13)7(5-14-12)16-11(3,4)17-9/h7-9,13H,5-6H2,1-4H3. The lowest BCUT2D eigenvalue weighted by Gasteiger charge is -2.52. The number of hydrogen-bond donors (Lipinski definition) is 1. The van der Waals surface area contributed by atoms with Gasteiger partial charge in [-0.1, -0.05) is 0 Å². The number of ether oxygens (including phenoxy) is 5. The van der Waals surface area contributed by atoms with Gasteiger partial charge >= 0.3 is 0 Å². The largest absolute Gasteiger partial charge is 0.387 e. The van der Waals surface area contributed by atoms with Crippen molar-refractivity contribution >= 4 is 0 Å². The molecule has 0 saturated carbocycles. The van der Waals surface area contributed by atoms with E-state index in [0.29, 0.717) is 0 Å². The van der Waals surface area contributed by atoms with Gasteiger partial charge in [0.25, 0.3) is 0 Å². The first kappa shape index (κ1) is 12.8. The maximum absolute atomic E-state index is 10.3. The molecule has 0 aromatic rings. The topological polar surface area (TPSA) is 66.4 Å². The number of rotatable bonds is 0. The summed E-state index contributed by atoms with van der Waals surface area (Å²) >= 11 is 0. The van der Waals surface area contributed by atoms with Crippen molar-refractivity contribution in [1.82, 2.24) is 0 Å². The van der Waals surface area contributed by atoms with Gasteiger partial charge in [0.05, 0.1) is 6.61 Å². The lowest BCUT2D eigenvalue weighted by atomic mass is 9.95. The number of fused-ring (bicyclic) bond motifs is 3. The summed E-state index contributed by atoms with van der Waals surface area (Å²) in [6.45, 7) is 7.77. The van der Waals surface area contributed by atoms with Gasteiger partial charge in [0.1, 0.15) is 24.9 Å². The molecule has 0 aromatic carbocycles. The molecule has 0 aromatic heterocycles. The van der Waals surface area contributed by atoms with E-state index >= 15 is 0 Å². The second-order valence-electron chi connectivity index (χ2n) is 6.00. The van der Waals surface area contributed by atoms with Gasteiger partial charge < -0.3 is 28.8 Å². The summed E-state index contributed by atoms with van der Waals surface area (Å²) in [4.78, 5) is 0. The molecule has 3 fully saturated rings. The van der Waals surface area contributed by atoms with Crippen molar-refractivity contribution in [2.75, 3.05) is 13.2 Å². The predicted octanol–water partition coefficient (Wildman–Crippen LogP) is 0.377. The van der Waals surface area contributed by atoms with Crippen LogP contribution < -0.4 is 0 Å². The molecule has 3 saturated heterocycles. The van der Waals surface area contributed by atoms with Gasteiger partial charge in [0, 0.05) is 0 Å². The molecule has 0 aliphatic carbocycles. The van der Waals surface area contributed by atoms with E-state index in [1.165, 1.54) is 0 Å². The monoisotopic (exact) mass is 260 g/mol. The van der Waals surface area contributed by atoms with Crippen molar-refractivity contribution in [1.29, 1.82) is 0 Å². The van der Waals surface area contributed by atoms with Crippen LogP contribution in [-0.4, -0.2) is 54.0 Å². The van der Waals surface area contributed by atoms with E-state index < -0.39 is 35.7 Å². The molecule has 18 heavy (non-hydrogen) atoms. The fraction of sp³-hybridized carbons (Fsp3) is 1.00. The van der Waals surface area contributed by atoms with E-state index in [1.54, 1.807) is 0 Å². The van der Waals surface area contributed by atoms with Crippen molar-refractivity contribution in [2.45, 2.75) is 63.4 Å². The van der Waals surface area contributed by atoms with Gasteiger partial charge in [-0.3, -0.25) is 0 Å². The van der Waals surface area contributed by atoms with Crippen LogP contribution >= 0.6 is 0 Å². The quantitative estimate of drug-likeness (QED) is 0.679. The highest BCUT2D eigenvalue weighted by Gasteiger charge is 2.63. The molecule has 1 spiro atoms. The molecule has 3 aliphatic rings. The van der Waals surface area contributed by atoms with Crippen LogP contribution in [-0.2, 0) is 23.7 Å². The zero-order valence-electron chi connectivity index (χ0n) is 11.1. The van der Waals surface area contributed by atoms with Crippen LogP contribution in [0.25, 0.3) is 0 Å². The normalized spacial score (nSPS) is 49.5. The number of aliphatic hydroxyl groups is 1. The molecular weight excluding hydrogens is 240 g/mol. The molecular formula is C12H20O6. The highest BCUT2D eigenvalue weighted by molar-refractivity contribution is 5.01. The molecule has 2 bridgehead atoms. The molecule has 104 valence electrons. The Balaban J connectivity index is 1.90. The van der Waals surface area contributed by atoms with Crippen molar-refractivity contribution in [3.8, 4) is 0 Å². The number of hydrogen-bond acceptors (Lipinski definition) is 6. The molecule has 0 radical (unpaired) electrons. The lowest BCUT2D eigenvalue weighted by molar-refractivity contribution is -0.434. The molecule has 4 atom stereocenters. The van der Waals surface area contributed by atoms with Crippen LogP contribution in [0, 0.1) is 0 Å². The third-order valence-electron chi connectivity index (χ3n) is 3.50. The van der Waals surface area contributed by atoms with Crippen LogP contribution in [0.3, 0.4) is 0 Å². The van der Waals surface area contributed by atoms with Crippen LogP contribution in [0.2, 0.25) is 0 Å². The third-order valence-corrected chi connectivity index (χ3v) is 3.50. The molecule has 3 heterocycles. The second kappa shape index (κ2) is 3.65. The summed E-state index contributed by atoms with van der Waals surface area (Å²) in [5.74, 6) is -2.54. The summed E-state index contributed by atoms with van der Waals surface area (Å²) in [5.41, 5.74) is 0. The van der Waals surface area contributed by atoms with E-state index in [9.17, 15) is 5.11 Å². The van der Waals surface area contributed by atoms with Crippen LogP contribution in [0.1, 0.15) is 27.7 Å². The van der Waals surface area contributed by atoms with Crippen molar-refractivity contribution in [3.63, 3.8) is 0 Å². The average molecular weight is 260 g/mol. The molecule has 0 amide bonds. The minimum absolute atomic E-state index is 0.241. The summed E-state index contributed by atoms with van der Waals surface area (Å²) in [6, 6.07) is 0. The van der Waals surface area contributed by atoms with Gasteiger partial charge in [-0.2, -0.15) is 0 Å². The highest BCUT2D eigenvalue weighted by Crippen LogP contribution is 2.44. The zero-order chi connectivity index (χ0) is 13.2. The van der Waals surface area contributed by atoms with Gasteiger partial charge in [-0.25, -0.2) is 0 Å². The van der Waals surface area contributed by atoms with Crippen LogP contribution in [0.5, 0.6) is 0 Å². The Kier molecular flexibility index (Phi) is 2.59. The summed E-state index contributed by atoms with van der Waals surface area (Å²) in [7, 11) is 0. The first-order valence-electron chi connectivity index (χ1n) is 6.25. The number of aliphatic hydroxyl groups excluding tert-OH is 1. The van der Waals surface area contributed by atoms with Crippen LogP contribution in [0.15, 0.2) is 0 Å². The Morgan fingerprint density at radius 2 is 1.72 bits per heavy atom. The maximum Gasteiger partial charge on any atom is 0.224 e. The summed E-state index contributed by atoms with van der Waals surface area (Å²) < 4.78 is 28.5. The highest BCUT2D eigenvalue weighted by atomic mass is 16.9. The van der Waals surface area contributed by atoms with Crippen molar-refractivity contribution < 1.29 is 28.8 Å². The Labute approximate surface area is 106 Å². The molecule has 1 N–H and O–H groups in total.